The van der Waals surface area contributed by atoms with E-state index in [4.69, 9.17) is 0 Å². The van der Waals surface area contributed by atoms with Gasteiger partial charge in [0.2, 0.25) is 5.91 Å². The zero-order valence-corrected chi connectivity index (χ0v) is 15.5. The number of hydrogen-bond donors (Lipinski definition) is 2. The molecule has 4 nitrogen and oxygen atoms in total. The molecule has 24 heavy (non-hydrogen) atoms. The minimum absolute atomic E-state index is 0. The Bertz CT molecular complexity index is 578. The highest BCUT2D eigenvalue weighted by Gasteiger charge is 2.19. The molecule has 0 bridgehead atoms. The Balaban J connectivity index is 0.00000288. The largest absolute Gasteiger partial charge is 0.387 e. The molecule has 1 aromatic carbocycles. The maximum absolute atomic E-state index is 12.5. The summed E-state index contributed by atoms with van der Waals surface area (Å²) in [4.78, 5) is 14.3. The van der Waals surface area contributed by atoms with Gasteiger partial charge in [-0.15, -0.1) is 12.4 Å². The predicted molar refractivity (Wildman–Crippen MR) is 102 cm³/mol. The lowest BCUT2D eigenvalue weighted by Gasteiger charge is -2.25. The quantitative estimate of drug-likeness (QED) is 0.668. The third-order valence-corrected chi connectivity index (χ3v) is 4.41. The monoisotopic (exact) mass is 368 g/mol. The number of benzene rings is 1. The predicted octanol–water partition coefficient (Wildman–Crippen LogP) is 3.23. The number of nitrogens with one attached hydrogen (secondary N) is 1. The summed E-state index contributed by atoms with van der Waals surface area (Å²) in [6.07, 6.45) is 0.650. The number of aliphatic hydroxyl groups is 1. The molecule has 1 atom stereocenters. The molecular weight excluding hydrogens is 344 g/mol. The van der Waals surface area contributed by atoms with Crippen molar-refractivity contribution in [3.05, 3.63) is 58.3 Å². The first-order valence-corrected chi connectivity index (χ1v) is 8.81. The van der Waals surface area contributed by atoms with Gasteiger partial charge in [0.1, 0.15) is 0 Å². The molecule has 0 aliphatic heterocycles. The van der Waals surface area contributed by atoms with Crippen molar-refractivity contribution in [2.75, 3.05) is 20.1 Å². The van der Waals surface area contributed by atoms with Crippen molar-refractivity contribution >= 4 is 29.7 Å². The highest BCUT2D eigenvalue weighted by molar-refractivity contribution is 7.07. The Labute approximate surface area is 153 Å². The van der Waals surface area contributed by atoms with Gasteiger partial charge in [-0.2, -0.15) is 11.3 Å². The van der Waals surface area contributed by atoms with Crippen LogP contribution < -0.4 is 5.32 Å². The molecule has 1 unspecified atom stereocenters. The van der Waals surface area contributed by atoms with Crippen LogP contribution in [0.3, 0.4) is 0 Å². The summed E-state index contributed by atoms with van der Waals surface area (Å²) in [5.74, 6) is 0.0818. The van der Waals surface area contributed by atoms with Crippen LogP contribution in [0.25, 0.3) is 0 Å². The van der Waals surface area contributed by atoms with Crippen molar-refractivity contribution in [1.82, 2.24) is 10.2 Å². The Kier molecular flexibility index (Phi) is 9.64. The summed E-state index contributed by atoms with van der Waals surface area (Å²) in [7, 11) is 1.88. The SMILES string of the molecule is CNCCCC(=O)N(Cc1ccccc1)CC(O)c1ccsc1.Cl. The Hall–Kier alpha value is -1.40. The summed E-state index contributed by atoms with van der Waals surface area (Å²) >= 11 is 1.55. The van der Waals surface area contributed by atoms with E-state index in [0.717, 1.165) is 24.1 Å². The molecule has 0 radical (unpaired) electrons. The molecule has 1 amide bonds. The van der Waals surface area contributed by atoms with Gasteiger partial charge in [0, 0.05) is 13.0 Å². The molecule has 0 fully saturated rings. The number of carbonyl (C=O) groups excluding carboxylic acids is 1. The maximum Gasteiger partial charge on any atom is 0.223 e. The fraction of sp³-hybridized carbons (Fsp3) is 0.389. The minimum atomic E-state index is -0.641. The molecule has 2 N–H and O–H groups in total. The van der Waals surface area contributed by atoms with Gasteiger partial charge >= 0.3 is 0 Å². The van der Waals surface area contributed by atoms with E-state index in [1.54, 1.807) is 16.2 Å². The van der Waals surface area contributed by atoms with E-state index in [1.807, 2.05) is 54.2 Å². The van der Waals surface area contributed by atoms with E-state index in [0.29, 0.717) is 19.5 Å². The molecule has 0 aliphatic carbocycles. The number of carbonyl (C=O) groups is 1. The molecule has 1 aromatic heterocycles. The summed E-state index contributed by atoms with van der Waals surface area (Å²) < 4.78 is 0. The van der Waals surface area contributed by atoms with Gasteiger partial charge < -0.3 is 15.3 Å². The summed E-state index contributed by atoms with van der Waals surface area (Å²) in [6.45, 7) is 1.67. The van der Waals surface area contributed by atoms with Gasteiger partial charge in [-0.25, -0.2) is 0 Å². The standard InChI is InChI=1S/C18H24N2O2S.ClH/c1-19-10-5-8-18(22)20(12-15-6-3-2-4-7-15)13-17(21)16-9-11-23-14-16;/h2-4,6-7,9,11,14,17,19,21H,5,8,10,12-13H2,1H3;1H. The number of thiophene rings is 1. The van der Waals surface area contributed by atoms with Crippen LogP contribution >= 0.6 is 23.7 Å². The van der Waals surface area contributed by atoms with Gasteiger partial charge in [0.15, 0.2) is 0 Å². The van der Waals surface area contributed by atoms with Crippen LogP contribution in [0.1, 0.15) is 30.1 Å². The zero-order valence-electron chi connectivity index (χ0n) is 13.9. The van der Waals surface area contributed by atoms with Crippen LogP contribution in [-0.4, -0.2) is 36.1 Å². The number of aliphatic hydroxyl groups excluding tert-OH is 1. The molecule has 0 saturated heterocycles. The molecule has 2 rings (SSSR count). The van der Waals surface area contributed by atoms with E-state index >= 15 is 0 Å². The second kappa shape index (κ2) is 11.2. The zero-order chi connectivity index (χ0) is 16.5. The normalized spacial score (nSPS) is 11.6. The van der Waals surface area contributed by atoms with E-state index in [-0.39, 0.29) is 18.3 Å². The number of rotatable bonds is 9. The summed E-state index contributed by atoms with van der Waals surface area (Å²) in [5.41, 5.74) is 1.95. The smallest absolute Gasteiger partial charge is 0.223 e. The highest BCUT2D eigenvalue weighted by atomic mass is 35.5. The average molecular weight is 369 g/mol. The first kappa shape index (κ1) is 20.6. The molecule has 0 spiro atoms. The van der Waals surface area contributed by atoms with Crippen LogP contribution in [0.5, 0.6) is 0 Å². The van der Waals surface area contributed by atoms with Crippen LogP contribution in [0.2, 0.25) is 0 Å². The molecule has 132 valence electrons. The third kappa shape index (κ3) is 6.61. The molecule has 6 heteroatoms. The van der Waals surface area contributed by atoms with Gasteiger partial charge in [0.05, 0.1) is 12.6 Å². The van der Waals surface area contributed by atoms with E-state index in [1.165, 1.54) is 0 Å². The van der Waals surface area contributed by atoms with Crippen LogP contribution in [-0.2, 0) is 11.3 Å². The highest BCUT2D eigenvalue weighted by Crippen LogP contribution is 2.19. The lowest BCUT2D eigenvalue weighted by Crippen LogP contribution is -2.34. The van der Waals surface area contributed by atoms with Crippen molar-refractivity contribution < 1.29 is 9.90 Å². The molecule has 0 aliphatic rings. The van der Waals surface area contributed by atoms with Gasteiger partial charge in [-0.1, -0.05) is 30.3 Å². The lowest BCUT2D eigenvalue weighted by atomic mass is 10.1. The topological polar surface area (TPSA) is 52.6 Å². The summed E-state index contributed by atoms with van der Waals surface area (Å²) in [5, 5.41) is 17.3. The van der Waals surface area contributed by atoms with Crippen molar-refractivity contribution in [3.63, 3.8) is 0 Å². The third-order valence-electron chi connectivity index (χ3n) is 3.71. The van der Waals surface area contributed by atoms with Crippen molar-refractivity contribution in [1.29, 1.82) is 0 Å². The van der Waals surface area contributed by atoms with Crippen LogP contribution in [0.15, 0.2) is 47.2 Å². The van der Waals surface area contributed by atoms with Crippen LogP contribution in [0.4, 0.5) is 0 Å². The minimum Gasteiger partial charge on any atom is -0.387 e. The number of halogens is 1. The Morgan fingerprint density at radius 1 is 1.29 bits per heavy atom. The number of nitrogens with zero attached hydrogens (tertiary/aromatic N) is 1. The second-order valence-corrected chi connectivity index (χ2v) is 6.32. The lowest BCUT2D eigenvalue weighted by molar-refractivity contribution is -0.133. The van der Waals surface area contributed by atoms with Gasteiger partial charge in [-0.05, 0) is 48.0 Å². The Morgan fingerprint density at radius 3 is 2.67 bits per heavy atom. The fourth-order valence-electron chi connectivity index (χ4n) is 2.41. The first-order chi connectivity index (χ1) is 11.2. The van der Waals surface area contributed by atoms with Crippen LogP contribution in [0, 0.1) is 0 Å². The molecular formula is C18H25ClN2O2S. The van der Waals surface area contributed by atoms with Gasteiger partial charge in [0.25, 0.3) is 0 Å². The van der Waals surface area contributed by atoms with E-state index < -0.39 is 6.10 Å². The molecule has 1 heterocycles. The first-order valence-electron chi connectivity index (χ1n) is 7.87. The average Bonchev–Trinajstić information content (AvgIpc) is 3.10. The fourth-order valence-corrected chi connectivity index (χ4v) is 3.12. The molecule has 0 saturated carbocycles. The van der Waals surface area contributed by atoms with Crippen molar-refractivity contribution in [2.24, 2.45) is 0 Å². The number of amides is 1. The second-order valence-electron chi connectivity index (χ2n) is 5.54. The molecule has 2 aromatic rings. The maximum atomic E-state index is 12.5. The van der Waals surface area contributed by atoms with Gasteiger partial charge in [-0.3, -0.25) is 4.79 Å². The van der Waals surface area contributed by atoms with E-state index in [2.05, 4.69) is 5.32 Å². The van der Waals surface area contributed by atoms with Crippen molar-refractivity contribution in [3.8, 4) is 0 Å². The van der Waals surface area contributed by atoms with Crippen molar-refractivity contribution in [2.45, 2.75) is 25.5 Å². The number of hydrogen-bond acceptors (Lipinski definition) is 4. The van der Waals surface area contributed by atoms with E-state index in [9.17, 15) is 9.90 Å². The Morgan fingerprint density at radius 2 is 2.04 bits per heavy atom. The summed E-state index contributed by atoms with van der Waals surface area (Å²) in [6, 6.07) is 11.8.